The van der Waals surface area contributed by atoms with Crippen molar-refractivity contribution >= 4 is 11.9 Å². The molecule has 6 nitrogen and oxygen atoms in total. The minimum absolute atomic E-state index is 0.00247. The minimum Gasteiger partial charge on any atom is -0.463 e. The highest BCUT2D eigenvalue weighted by molar-refractivity contribution is 5.70. The standard InChI is InChI=1S/C8H14O6/c9-5-6-13-7(10)3-1-2-4-8(11)14-12/h9,12H,1-6H2. The van der Waals surface area contributed by atoms with Gasteiger partial charge in [-0.1, -0.05) is 0 Å². The normalized spacial score (nSPS) is 9.57. The van der Waals surface area contributed by atoms with Gasteiger partial charge in [-0.3, -0.25) is 4.79 Å². The Labute approximate surface area is 81.4 Å². The maximum atomic E-state index is 10.8. The molecule has 0 aliphatic carbocycles. The number of rotatable bonds is 7. The third kappa shape index (κ3) is 7.51. The third-order valence-corrected chi connectivity index (χ3v) is 1.47. The van der Waals surface area contributed by atoms with Crippen LogP contribution in [0, 0.1) is 0 Å². The molecule has 0 atom stereocenters. The molecule has 2 N–H and O–H groups in total. The van der Waals surface area contributed by atoms with E-state index in [1.165, 1.54) is 0 Å². The Bertz CT molecular complexity index is 179. The molecule has 0 aliphatic heterocycles. The number of hydrogen-bond acceptors (Lipinski definition) is 6. The lowest BCUT2D eigenvalue weighted by molar-refractivity contribution is -0.234. The summed E-state index contributed by atoms with van der Waals surface area (Å²) in [5, 5.41) is 16.2. The molecule has 0 fully saturated rings. The van der Waals surface area contributed by atoms with Gasteiger partial charge >= 0.3 is 11.9 Å². The average Bonchev–Trinajstić information content (AvgIpc) is 2.21. The number of hydrogen-bond donors (Lipinski definition) is 2. The SMILES string of the molecule is O=C(CCCCC(=O)OCCO)OO. The first-order valence-electron chi connectivity index (χ1n) is 4.31. The molecule has 0 rings (SSSR count). The third-order valence-electron chi connectivity index (χ3n) is 1.47. The van der Waals surface area contributed by atoms with Crippen LogP contribution in [0.2, 0.25) is 0 Å². The van der Waals surface area contributed by atoms with Gasteiger partial charge in [-0.2, -0.15) is 5.26 Å². The number of unbranched alkanes of at least 4 members (excludes halogenated alkanes) is 1. The first kappa shape index (κ1) is 12.9. The molecule has 0 heterocycles. The van der Waals surface area contributed by atoms with Gasteiger partial charge in [0.05, 0.1) is 6.61 Å². The van der Waals surface area contributed by atoms with E-state index in [4.69, 9.17) is 10.4 Å². The van der Waals surface area contributed by atoms with Gasteiger partial charge in [0.15, 0.2) is 0 Å². The van der Waals surface area contributed by atoms with Crippen LogP contribution in [0.5, 0.6) is 0 Å². The predicted octanol–water partition coefficient (Wildman–Crippen LogP) is 0.0985. The quantitative estimate of drug-likeness (QED) is 0.265. The van der Waals surface area contributed by atoms with E-state index < -0.39 is 11.9 Å². The summed E-state index contributed by atoms with van der Waals surface area (Å²) in [4.78, 5) is 24.7. The molecule has 0 aromatic rings. The van der Waals surface area contributed by atoms with Crippen LogP contribution in [0.4, 0.5) is 0 Å². The van der Waals surface area contributed by atoms with E-state index in [2.05, 4.69) is 9.62 Å². The molecule has 82 valence electrons. The van der Waals surface area contributed by atoms with Gasteiger partial charge in [0.1, 0.15) is 6.61 Å². The van der Waals surface area contributed by atoms with Crippen molar-refractivity contribution < 1.29 is 29.6 Å². The fourth-order valence-corrected chi connectivity index (χ4v) is 0.816. The molecule has 0 unspecified atom stereocenters. The van der Waals surface area contributed by atoms with Crippen molar-refractivity contribution in [2.75, 3.05) is 13.2 Å². The Hall–Kier alpha value is -1.14. The maximum absolute atomic E-state index is 10.8. The first-order chi connectivity index (χ1) is 6.70. The van der Waals surface area contributed by atoms with Crippen molar-refractivity contribution in [3.8, 4) is 0 Å². The van der Waals surface area contributed by atoms with Crippen molar-refractivity contribution in [3.05, 3.63) is 0 Å². The van der Waals surface area contributed by atoms with Crippen molar-refractivity contribution in [1.29, 1.82) is 0 Å². The molecule has 0 spiro atoms. The number of ether oxygens (including phenoxy) is 1. The Balaban J connectivity index is 3.27. The van der Waals surface area contributed by atoms with Crippen LogP contribution in [0.25, 0.3) is 0 Å². The highest BCUT2D eigenvalue weighted by atomic mass is 17.1. The summed E-state index contributed by atoms with van der Waals surface area (Å²) in [5.41, 5.74) is 0. The molecule has 0 radical (unpaired) electrons. The molecular formula is C8H14O6. The largest absolute Gasteiger partial charge is 0.463 e. The van der Waals surface area contributed by atoms with Crippen LogP contribution in [-0.2, 0) is 19.2 Å². The summed E-state index contributed by atoms with van der Waals surface area (Å²) >= 11 is 0. The molecule has 0 saturated heterocycles. The zero-order valence-electron chi connectivity index (χ0n) is 7.77. The second kappa shape index (κ2) is 8.46. The van der Waals surface area contributed by atoms with Gasteiger partial charge in [0, 0.05) is 12.8 Å². The molecule has 0 bridgehead atoms. The number of aliphatic hydroxyl groups excluding tert-OH is 1. The van der Waals surface area contributed by atoms with E-state index in [0.717, 1.165) is 0 Å². The van der Waals surface area contributed by atoms with Crippen molar-refractivity contribution in [2.45, 2.75) is 25.7 Å². The highest BCUT2D eigenvalue weighted by Crippen LogP contribution is 2.02. The number of carbonyl (C=O) groups is 2. The van der Waals surface area contributed by atoms with E-state index >= 15 is 0 Å². The van der Waals surface area contributed by atoms with Crippen molar-refractivity contribution in [3.63, 3.8) is 0 Å². The van der Waals surface area contributed by atoms with Crippen LogP contribution in [0.3, 0.4) is 0 Å². The molecule has 6 heteroatoms. The summed E-state index contributed by atoms with van der Waals surface area (Å²) in [6.45, 7) is -0.194. The lowest BCUT2D eigenvalue weighted by atomic mass is 10.2. The molecule has 0 aromatic heterocycles. The Morgan fingerprint density at radius 2 is 1.64 bits per heavy atom. The Kier molecular flexibility index (Phi) is 7.77. The predicted molar refractivity (Wildman–Crippen MR) is 45.2 cm³/mol. The van der Waals surface area contributed by atoms with Crippen LogP contribution in [-0.4, -0.2) is 35.5 Å². The zero-order valence-corrected chi connectivity index (χ0v) is 7.77. The van der Waals surface area contributed by atoms with E-state index in [0.29, 0.717) is 12.8 Å². The van der Waals surface area contributed by atoms with E-state index in [9.17, 15) is 9.59 Å². The number of carbonyl (C=O) groups excluding carboxylic acids is 2. The average molecular weight is 206 g/mol. The van der Waals surface area contributed by atoms with Crippen LogP contribution in [0.15, 0.2) is 0 Å². The van der Waals surface area contributed by atoms with Gasteiger partial charge < -0.3 is 14.7 Å². The lowest BCUT2D eigenvalue weighted by Gasteiger charge is -2.01. The summed E-state index contributed by atoms with van der Waals surface area (Å²) in [6.07, 6.45) is 1.20. The molecule has 14 heavy (non-hydrogen) atoms. The Morgan fingerprint density at radius 1 is 1.07 bits per heavy atom. The second-order valence-electron chi connectivity index (χ2n) is 2.61. The van der Waals surface area contributed by atoms with E-state index in [1.54, 1.807) is 0 Å². The van der Waals surface area contributed by atoms with E-state index in [1.807, 2.05) is 0 Å². The summed E-state index contributed by atoms with van der Waals surface area (Å²) in [5.74, 6) is -1.12. The molecule has 0 saturated carbocycles. The number of esters is 1. The molecular weight excluding hydrogens is 192 g/mol. The minimum atomic E-state index is -0.714. The first-order valence-corrected chi connectivity index (χ1v) is 4.31. The second-order valence-corrected chi connectivity index (χ2v) is 2.61. The highest BCUT2D eigenvalue weighted by Gasteiger charge is 2.05. The lowest BCUT2D eigenvalue weighted by Crippen LogP contribution is -2.08. The maximum Gasteiger partial charge on any atom is 0.342 e. The topological polar surface area (TPSA) is 93.1 Å². The summed E-state index contributed by atoms with van der Waals surface area (Å²) in [6, 6.07) is 0. The van der Waals surface area contributed by atoms with Crippen LogP contribution >= 0.6 is 0 Å². The van der Waals surface area contributed by atoms with Gasteiger partial charge in [0.25, 0.3) is 0 Å². The van der Waals surface area contributed by atoms with E-state index in [-0.39, 0.29) is 26.1 Å². The van der Waals surface area contributed by atoms with Crippen molar-refractivity contribution in [2.24, 2.45) is 0 Å². The fraction of sp³-hybridized carbons (Fsp3) is 0.750. The molecule has 0 amide bonds. The van der Waals surface area contributed by atoms with Gasteiger partial charge in [0.2, 0.25) is 0 Å². The Morgan fingerprint density at radius 3 is 2.14 bits per heavy atom. The number of aliphatic hydroxyl groups is 1. The molecule has 0 aliphatic rings. The summed E-state index contributed by atoms with van der Waals surface area (Å²) < 4.78 is 4.57. The fourth-order valence-electron chi connectivity index (χ4n) is 0.816. The van der Waals surface area contributed by atoms with Crippen LogP contribution in [0.1, 0.15) is 25.7 Å². The van der Waals surface area contributed by atoms with Gasteiger partial charge in [-0.05, 0) is 12.8 Å². The van der Waals surface area contributed by atoms with Crippen molar-refractivity contribution in [1.82, 2.24) is 0 Å². The van der Waals surface area contributed by atoms with Gasteiger partial charge in [-0.15, -0.1) is 0 Å². The van der Waals surface area contributed by atoms with Crippen LogP contribution < -0.4 is 0 Å². The summed E-state index contributed by atoms with van der Waals surface area (Å²) in [7, 11) is 0. The van der Waals surface area contributed by atoms with Gasteiger partial charge in [-0.25, -0.2) is 4.79 Å². The monoisotopic (exact) mass is 206 g/mol. The molecule has 0 aromatic carbocycles. The zero-order chi connectivity index (χ0) is 10.8. The smallest absolute Gasteiger partial charge is 0.342 e.